The summed E-state index contributed by atoms with van der Waals surface area (Å²) in [5, 5.41) is 21.0. The smallest absolute Gasteiger partial charge is 0.413 e. The van der Waals surface area contributed by atoms with Crippen LogP contribution in [0.1, 0.15) is 61.1 Å². The molecule has 3 heterocycles. The highest BCUT2D eigenvalue weighted by atomic mass is 32.1. The highest BCUT2D eigenvalue weighted by molar-refractivity contribution is 7.14. The number of aromatic nitrogens is 4. The van der Waals surface area contributed by atoms with Gasteiger partial charge >= 0.3 is 12.1 Å². The average Bonchev–Trinajstić information content (AvgIpc) is 3.47. The number of nitrogens with zero attached hydrogens (tertiary/aromatic N) is 5. The Bertz CT molecular complexity index is 1270. The molecule has 2 aromatic heterocycles. The van der Waals surface area contributed by atoms with Gasteiger partial charge in [-0.3, -0.25) is 19.6 Å². The number of hydrogen-bond donors (Lipinski definition) is 3. The lowest BCUT2D eigenvalue weighted by Crippen LogP contribution is -2.70. The Kier molecular flexibility index (Phi) is 8.81. The van der Waals surface area contributed by atoms with Crippen molar-refractivity contribution in [1.82, 2.24) is 30.6 Å². The molecule has 1 aliphatic rings. The number of thiazole rings is 1. The molecule has 3 amide bonds. The van der Waals surface area contributed by atoms with Crippen LogP contribution in [0.2, 0.25) is 0 Å². The molecule has 2 aromatic rings. The fraction of sp³-hybridized carbons (Fsp3) is 0.583. The third-order valence-corrected chi connectivity index (χ3v) is 5.74. The summed E-state index contributed by atoms with van der Waals surface area (Å²) < 4.78 is 12.1. The van der Waals surface area contributed by atoms with Crippen LogP contribution in [0.15, 0.2) is 22.9 Å². The van der Waals surface area contributed by atoms with Crippen molar-refractivity contribution < 1.29 is 33.5 Å². The molecule has 40 heavy (non-hydrogen) atoms. The van der Waals surface area contributed by atoms with Gasteiger partial charge < -0.3 is 24.9 Å². The second-order valence-electron chi connectivity index (χ2n) is 11.4. The molecule has 218 valence electrons. The van der Waals surface area contributed by atoms with Crippen LogP contribution in [-0.2, 0) is 35.2 Å². The fourth-order valence-electron chi connectivity index (χ4n) is 3.13. The lowest BCUT2D eigenvalue weighted by atomic mass is 9.98. The van der Waals surface area contributed by atoms with Crippen LogP contribution in [0.5, 0.6) is 0 Å². The third-order valence-electron chi connectivity index (χ3n) is 4.98. The molecular weight excluding hydrogens is 544 g/mol. The quantitative estimate of drug-likeness (QED) is 0.171. The maximum atomic E-state index is 13.4. The molecule has 0 bridgehead atoms. The summed E-state index contributed by atoms with van der Waals surface area (Å²) >= 11 is 1.01. The van der Waals surface area contributed by atoms with E-state index in [1.807, 2.05) is 0 Å². The number of oxime groups is 1. The molecule has 0 unspecified atom stereocenters. The number of hydrogen-bond acceptors (Lipinski definition) is 12. The Balaban J connectivity index is 1.83. The van der Waals surface area contributed by atoms with Gasteiger partial charge in [-0.05, 0) is 55.4 Å². The normalized spacial score (nSPS) is 17.8. The van der Waals surface area contributed by atoms with Crippen LogP contribution in [-0.4, -0.2) is 78.5 Å². The van der Waals surface area contributed by atoms with E-state index in [4.69, 9.17) is 14.3 Å². The van der Waals surface area contributed by atoms with Crippen molar-refractivity contribution in [3.8, 4) is 0 Å². The second-order valence-corrected chi connectivity index (χ2v) is 12.3. The van der Waals surface area contributed by atoms with Crippen LogP contribution in [0.4, 0.5) is 9.93 Å². The molecular formula is C24H34N8O7S. The Morgan fingerprint density at radius 3 is 2.35 bits per heavy atom. The fourth-order valence-corrected chi connectivity index (χ4v) is 3.82. The van der Waals surface area contributed by atoms with E-state index >= 15 is 0 Å². The van der Waals surface area contributed by atoms with E-state index in [2.05, 4.69) is 36.4 Å². The summed E-state index contributed by atoms with van der Waals surface area (Å²) in [4.78, 5) is 60.2. The van der Waals surface area contributed by atoms with E-state index in [0.29, 0.717) is 0 Å². The minimum absolute atomic E-state index is 0.0288. The number of anilines is 1. The topological polar surface area (TPSA) is 188 Å². The summed E-state index contributed by atoms with van der Waals surface area (Å²) in [6, 6.07) is -1.36. The summed E-state index contributed by atoms with van der Waals surface area (Å²) in [5.74, 6) is -1.91. The number of carbonyl (C=O) groups is 4. The van der Waals surface area contributed by atoms with Gasteiger partial charge in [-0.2, -0.15) is 0 Å². The lowest BCUT2D eigenvalue weighted by Gasteiger charge is -2.36. The molecule has 3 N–H and O–H groups in total. The number of esters is 1. The first kappa shape index (κ1) is 30.5. The molecule has 0 aliphatic carbocycles. The van der Waals surface area contributed by atoms with Crippen LogP contribution in [0.25, 0.3) is 0 Å². The minimum atomic E-state index is -1.57. The van der Waals surface area contributed by atoms with E-state index in [1.54, 1.807) is 47.7 Å². The van der Waals surface area contributed by atoms with Gasteiger partial charge in [0.2, 0.25) is 11.5 Å². The zero-order valence-corrected chi connectivity index (χ0v) is 24.4. The van der Waals surface area contributed by atoms with Crippen molar-refractivity contribution in [1.29, 1.82) is 0 Å². The standard InChI is InChI=1S/C24H34N8O7S/c1-22(2,3)37-19(35)24(7,8)39-30-16(14-12-40-20(27-14)29-21(36)38-23(4,5)6)18(34)28-15-13(26-17(15)33)11-32-10-9-25-31-32/h9-10,12-13,15H,11H2,1-8H3,(H,26,33)(H,28,34)(H,27,29,36)/b30-16+/t13-,15+/m1/s1. The van der Waals surface area contributed by atoms with E-state index in [0.717, 1.165) is 11.3 Å². The average molecular weight is 579 g/mol. The first-order valence-electron chi connectivity index (χ1n) is 12.3. The first-order valence-corrected chi connectivity index (χ1v) is 13.2. The second kappa shape index (κ2) is 11.6. The van der Waals surface area contributed by atoms with Gasteiger partial charge in [-0.15, -0.1) is 16.4 Å². The Labute approximate surface area is 235 Å². The van der Waals surface area contributed by atoms with Gasteiger partial charge in [-0.25, -0.2) is 14.6 Å². The molecule has 2 atom stereocenters. The molecule has 1 saturated heterocycles. The monoisotopic (exact) mass is 578 g/mol. The van der Waals surface area contributed by atoms with E-state index in [-0.39, 0.29) is 23.1 Å². The van der Waals surface area contributed by atoms with E-state index in [1.165, 1.54) is 30.1 Å². The maximum Gasteiger partial charge on any atom is 0.413 e. The van der Waals surface area contributed by atoms with Crippen molar-refractivity contribution in [2.75, 3.05) is 5.32 Å². The van der Waals surface area contributed by atoms with Gasteiger partial charge in [0.25, 0.3) is 5.91 Å². The highest BCUT2D eigenvalue weighted by Gasteiger charge is 2.42. The van der Waals surface area contributed by atoms with Crippen LogP contribution < -0.4 is 16.0 Å². The number of carbonyl (C=O) groups excluding carboxylic acids is 4. The van der Waals surface area contributed by atoms with Crippen molar-refractivity contribution in [3.63, 3.8) is 0 Å². The molecule has 16 heteroatoms. The number of amides is 3. The van der Waals surface area contributed by atoms with Crippen molar-refractivity contribution >= 4 is 46.1 Å². The summed E-state index contributed by atoms with van der Waals surface area (Å²) in [6.07, 6.45) is 2.38. The van der Waals surface area contributed by atoms with Crippen LogP contribution >= 0.6 is 11.3 Å². The number of ether oxygens (including phenoxy) is 2. The van der Waals surface area contributed by atoms with Crippen LogP contribution in [0, 0.1) is 0 Å². The van der Waals surface area contributed by atoms with Gasteiger partial charge in [0.1, 0.15) is 22.9 Å². The molecule has 0 saturated carbocycles. The third kappa shape index (κ3) is 8.46. The molecule has 3 rings (SSSR count). The number of nitrogens with one attached hydrogen (secondary N) is 3. The highest BCUT2D eigenvalue weighted by Crippen LogP contribution is 2.21. The summed E-state index contributed by atoms with van der Waals surface area (Å²) in [6.45, 7) is 13.4. The van der Waals surface area contributed by atoms with Crippen molar-refractivity contribution in [3.05, 3.63) is 23.5 Å². The predicted octanol–water partition coefficient (Wildman–Crippen LogP) is 1.61. The molecule has 1 fully saturated rings. The zero-order chi connectivity index (χ0) is 29.9. The molecule has 1 aliphatic heterocycles. The van der Waals surface area contributed by atoms with Gasteiger partial charge in [0, 0.05) is 11.6 Å². The minimum Gasteiger partial charge on any atom is -0.457 e. The Hall–Kier alpha value is -4.08. The molecule has 0 aromatic carbocycles. The first-order chi connectivity index (χ1) is 18.4. The largest absolute Gasteiger partial charge is 0.457 e. The van der Waals surface area contributed by atoms with E-state index < -0.39 is 52.8 Å². The Morgan fingerprint density at radius 2 is 1.77 bits per heavy atom. The molecule has 15 nitrogen and oxygen atoms in total. The van der Waals surface area contributed by atoms with Crippen LogP contribution in [0.3, 0.4) is 0 Å². The maximum absolute atomic E-state index is 13.4. The van der Waals surface area contributed by atoms with Gasteiger partial charge in [0.05, 0.1) is 18.8 Å². The van der Waals surface area contributed by atoms with Crippen molar-refractivity contribution in [2.24, 2.45) is 5.16 Å². The van der Waals surface area contributed by atoms with E-state index in [9.17, 15) is 19.2 Å². The van der Waals surface area contributed by atoms with Gasteiger partial charge in [0.15, 0.2) is 10.8 Å². The molecule has 0 radical (unpaired) electrons. The SMILES string of the molecule is CC(C)(C)OC(=O)Nc1nc(/C(=N\OC(C)(C)C(=O)OC(C)(C)C)C(=O)N[C@@H]2C(=O)N[C@@H]2Cn2ccnn2)cs1. The van der Waals surface area contributed by atoms with Crippen molar-refractivity contribution in [2.45, 2.75) is 90.8 Å². The molecule has 0 spiro atoms. The predicted molar refractivity (Wildman–Crippen MR) is 143 cm³/mol. The van der Waals surface area contributed by atoms with Gasteiger partial charge in [-0.1, -0.05) is 10.4 Å². The summed E-state index contributed by atoms with van der Waals surface area (Å²) in [7, 11) is 0. The number of rotatable bonds is 9. The summed E-state index contributed by atoms with van der Waals surface area (Å²) in [5.41, 5.74) is -3.39. The number of β-lactam (4-membered cyclic amide) rings is 1. The lowest BCUT2D eigenvalue weighted by molar-refractivity contribution is -0.179. The Morgan fingerprint density at radius 1 is 1.10 bits per heavy atom. The zero-order valence-electron chi connectivity index (χ0n) is 23.6.